The maximum Gasteiger partial charge on any atom is 0.184 e. The molecule has 1 aliphatic rings. The molecular formula is C10H19N3S2. The standard InChI is InChI=1S/C10H19N3S2/c1-4-9-7(3)8(5-6(2)15-9)12-13-10(11)14/h6-7,9H,4-5H2,1-3H3,(H3,11,13,14)/b12-8-/t6-,7+,9-/m0/s1. The first-order chi connectivity index (χ1) is 7.04. The highest BCUT2D eigenvalue weighted by molar-refractivity contribution is 8.00. The number of thiocarbonyl (C=S) groups is 1. The van der Waals surface area contributed by atoms with Crippen LogP contribution in [0.3, 0.4) is 0 Å². The van der Waals surface area contributed by atoms with Crippen LogP contribution in [0.25, 0.3) is 0 Å². The first-order valence-corrected chi connectivity index (χ1v) is 6.67. The van der Waals surface area contributed by atoms with Gasteiger partial charge < -0.3 is 5.73 Å². The molecule has 0 aliphatic carbocycles. The van der Waals surface area contributed by atoms with E-state index in [-0.39, 0.29) is 5.11 Å². The van der Waals surface area contributed by atoms with Gasteiger partial charge in [0, 0.05) is 22.1 Å². The minimum atomic E-state index is 0.244. The lowest BCUT2D eigenvalue weighted by atomic mass is 9.95. The Hall–Kier alpha value is -0.290. The zero-order chi connectivity index (χ0) is 11.4. The van der Waals surface area contributed by atoms with Crippen molar-refractivity contribution in [3.05, 3.63) is 0 Å². The van der Waals surface area contributed by atoms with Crippen LogP contribution in [0.1, 0.15) is 33.6 Å². The number of rotatable bonds is 2. The smallest absolute Gasteiger partial charge is 0.184 e. The summed E-state index contributed by atoms with van der Waals surface area (Å²) in [6.07, 6.45) is 2.21. The van der Waals surface area contributed by atoms with Crippen LogP contribution < -0.4 is 11.2 Å². The van der Waals surface area contributed by atoms with Crippen LogP contribution in [0.2, 0.25) is 0 Å². The Morgan fingerprint density at radius 1 is 1.67 bits per heavy atom. The Bertz CT molecular complexity index is 265. The van der Waals surface area contributed by atoms with Gasteiger partial charge in [0.25, 0.3) is 0 Å². The highest BCUT2D eigenvalue weighted by atomic mass is 32.2. The number of hydrazone groups is 1. The fraction of sp³-hybridized carbons (Fsp3) is 0.800. The van der Waals surface area contributed by atoms with E-state index in [4.69, 9.17) is 18.0 Å². The van der Waals surface area contributed by atoms with E-state index in [2.05, 4.69) is 43.1 Å². The zero-order valence-corrected chi connectivity index (χ0v) is 11.1. The van der Waals surface area contributed by atoms with Crippen molar-refractivity contribution in [2.24, 2.45) is 16.8 Å². The molecule has 3 N–H and O–H groups in total. The molecule has 1 aliphatic heterocycles. The van der Waals surface area contributed by atoms with Crippen LogP contribution in [-0.4, -0.2) is 21.3 Å². The molecule has 0 spiro atoms. The maximum atomic E-state index is 5.36. The second-order valence-corrected chi connectivity index (χ2v) is 6.09. The van der Waals surface area contributed by atoms with Gasteiger partial charge in [-0.3, -0.25) is 5.43 Å². The largest absolute Gasteiger partial charge is 0.375 e. The van der Waals surface area contributed by atoms with Crippen molar-refractivity contribution in [2.75, 3.05) is 0 Å². The molecule has 0 saturated carbocycles. The van der Waals surface area contributed by atoms with Gasteiger partial charge in [-0.1, -0.05) is 20.8 Å². The minimum absolute atomic E-state index is 0.244. The average molecular weight is 245 g/mol. The summed E-state index contributed by atoms with van der Waals surface area (Å²) in [4.78, 5) is 0. The summed E-state index contributed by atoms with van der Waals surface area (Å²) in [5.74, 6) is 0.512. The molecule has 15 heavy (non-hydrogen) atoms. The summed E-state index contributed by atoms with van der Waals surface area (Å²) >= 11 is 6.80. The lowest BCUT2D eigenvalue weighted by Crippen LogP contribution is -2.35. The van der Waals surface area contributed by atoms with Gasteiger partial charge in [-0.15, -0.1) is 0 Å². The molecule has 0 aromatic heterocycles. The van der Waals surface area contributed by atoms with E-state index in [0.717, 1.165) is 6.42 Å². The van der Waals surface area contributed by atoms with Crippen molar-refractivity contribution in [1.29, 1.82) is 0 Å². The minimum Gasteiger partial charge on any atom is -0.375 e. The van der Waals surface area contributed by atoms with Gasteiger partial charge in [0.05, 0.1) is 0 Å². The molecule has 3 atom stereocenters. The molecule has 1 fully saturated rings. The van der Waals surface area contributed by atoms with E-state index in [0.29, 0.717) is 16.4 Å². The summed E-state index contributed by atoms with van der Waals surface area (Å²) < 4.78 is 0. The Morgan fingerprint density at radius 2 is 2.33 bits per heavy atom. The fourth-order valence-electron chi connectivity index (χ4n) is 1.88. The van der Waals surface area contributed by atoms with E-state index in [1.165, 1.54) is 12.1 Å². The Morgan fingerprint density at radius 3 is 2.87 bits per heavy atom. The van der Waals surface area contributed by atoms with Crippen molar-refractivity contribution in [1.82, 2.24) is 5.43 Å². The predicted octanol–water partition coefficient (Wildman–Crippen LogP) is 2.12. The summed E-state index contributed by atoms with van der Waals surface area (Å²) in [6, 6.07) is 0. The van der Waals surface area contributed by atoms with Crippen LogP contribution in [0, 0.1) is 5.92 Å². The fourth-order valence-corrected chi connectivity index (χ4v) is 3.38. The van der Waals surface area contributed by atoms with Crippen LogP contribution in [0.15, 0.2) is 5.10 Å². The lowest BCUT2D eigenvalue weighted by molar-refractivity contribution is 0.645. The van der Waals surface area contributed by atoms with Crippen molar-refractivity contribution in [3.8, 4) is 0 Å². The average Bonchev–Trinajstić information content (AvgIpc) is 2.18. The van der Waals surface area contributed by atoms with Crippen LogP contribution in [-0.2, 0) is 0 Å². The van der Waals surface area contributed by atoms with Crippen molar-refractivity contribution < 1.29 is 0 Å². The highest BCUT2D eigenvalue weighted by Crippen LogP contribution is 2.35. The molecule has 5 heteroatoms. The quantitative estimate of drug-likeness (QED) is 0.578. The number of nitrogens with one attached hydrogen (secondary N) is 1. The normalized spacial score (nSPS) is 34.1. The van der Waals surface area contributed by atoms with Crippen molar-refractivity contribution >= 4 is 34.8 Å². The van der Waals surface area contributed by atoms with Crippen LogP contribution in [0.4, 0.5) is 0 Å². The third-order valence-electron chi connectivity index (χ3n) is 2.70. The van der Waals surface area contributed by atoms with Gasteiger partial charge in [-0.05, 0) is 25.1 Å². The molecule has 1 heterocycles. The number of hydrogen-bond donors (Lipinski definition) is 2. The number of hydrogen-bond acceptors (Lipinski definition) is 3. The molecule has 0 unspecified atom stereocenters. The topological polar surface area (TPSA) is 50.4 Å². The van der Waals surface area contributed by atoms with Crippen molar-refractivity contribution in [2.45, 2.75) is 44.1 Å². The van der Waals surface area contributed by atoms with Gasteiger partial charge >= 0.3 is 0 Å². The number of nitrogens with zero attached hydrogens (tertiary/aromatic N) is 1. The van der Waals surface area contributed by atoms with E-state index in [9.17, 15) is 0 Å². The maximum absolute atomic E-state index is 5.36. The van der Waals surface area contributed by atoms with E-state index >= 15 is 0 Å². The first-order valence-electron chi connectivity index (χ1n) is 5.32. The third-order valence-corrected chi connectivity index (χ3v) is 4.51. The van der Waals surface area contributed by atoms with E-state index in [1.807, 2.05) is 0 Å². The van der Waals surface area contributed by atoms with E-state index < -0.39 is 0 Å². The molecule has 1 saturated heterocycles. The lowest BCUT2D eigenvalue weighted by Gasteiger charge is -2.32. The van der Waals surface area contributed by atoms with Gasteiger partial charge in [-0.2, -0.15) is 16.9 Å². The monoisotopic (exact) mass is 245 g/mol. The number of nitrogens with two attached hydrogens (primary N) is 1. The molecule has 0 amide bonds. The number of thioether (sulfide) groups is 1. The Kier molecular flexibility index (Phi) is 4.86. The summed E-state index contributed by atoms with van der Waals surface area (Å²) in [6.45, 7) is 6.70. The van der Waals surface area contributed by atoms with Gasteiger partial charge in [-0.25, -0.2) is 0 Å². The molecule has 0 radical (unpaired) electrons. The molecular weight excluding hydrogens is 226 g/mol. The van der Waals surface area contributed by atoms with Crippen LogP contribution >= 0.6 is 24.0 Å². The summed E-state index contributed by atoms with van der Waals surface area (Å²) in [5.41, 5.74) is 9.26. The molecule has 1 rings (SSSR count). The second-order valence-electron chi connectivity index (χ2n) is 3.97. The first kappa shape index (κ1) is 12.8. The SMILES string of the molecule is CC[C@@H]1S[C@@H](C)C/C(=N/NC(N)=S)[C@H]1C. The van der Waals surface area contributed by atoms with Gasteiger partial charge in [0.1, 0.15) is 0 Å². The Labute approximate surface area is 101 Å². The molecule has 0 aromatic rings. The molecule has 0 bridgehead atoms. The second kappa shape index (κ2) is 5.70. The zero-order valence-electron chi connectivity index (χ0n) is 9.49. The summed E-state index contributed by atoms with van der Waals surface area (Å²) in [7, 11) is 0. The van der Waals surface area contributed by atoms with Crippen molar-refractivity contribution in [3.63, 3.8) is 0 Å². The van der Waals surface area contributed by atoms with E-state index in [1.54, 1.807) is 0 Å². The predicted molar refractivity (Wildman–Crippen MR) is 72.3 cm³/mol. The van der Waals surface area contributed by atoms with Gasteiger partial charge in [0.15, 0.2) is 5.11 Å². The van der Waals surface area contributed by atoms with Gasteiger partial charge in [0.2, 0.25) is 0 Å². The summed E-state index contributed by atoms with van der Waals surface area (Å²) in [5, 5.41) is 5.85. The Balaban J connectivity index is 2.69. The highest BCUT2D eigenvalue weighted by Gasteiger charge is 2.29. The molecule has 86 valence electrons. The van der Waals surface area contributed by atoms with Crippen LogP contribution in [0.5, 0.6) is 0 Å². The molecule has 3 nitrogen and oxygen atoms in total. The molecule has 0 aromatic carbocycles. The third kappa shape index (κ3) is 3.65.